The molecule has 2 aromatic rings. The van der Waals surface area contributed by atoms with Crippen LogP contribution in [0.15, 0.2) is 30.5 Å². The van der Waals surface area contributed by atoms with E-state index in [-0.39, 0.29) is 5.95 Å². The van der Waals surface area contributed by atoms with Crippen molar-refractivity contribution in [2.45, 2.75) is 6.92 Å². The lowest BCUT2D eigenvalue weighted by atomic mass is 10.1. The van der Waals surface area contributed by atoms with Crippen LogP contribution in [0.2, 0.25) is 0 Å². The van der Waals surface area contributed by atoms with Crippen molar-refractivity contribution in [3.8, 4) is 11.3 Å². The lowest BCUT2D eigenvalue weighted by Gasteiger charge is -2.03. The van der Waals surface area contributed by atoms with Gasteiger partial charge in [0.25, 0.3) is 0 Å². The van der Waals surface area contributed by atoms with Crippen molar-refractivity contribution in [2.75, 3.05) is 5.73 Å². The Morgan fingerprint density at radius 1 is 1.21 bits per heavy atom. The molecule has 14 heavy (non-hydrogen) atoms. The molecular weight excluding hydrogens is 176 g/mol. The fourth-order valence-corrected chi connectivity index (χ4v) is 1.31. The molecule has 1 aromatic heterocycles. The number of aromatic nitrogens is 3. The molecule has 0 aliphatic carbocycles. The monoisotopic (exact) mass is 186 g/mol. The maximum Gasteiger partial charge on any atom is 0.240 e. The van der Waals surface area contributed by atoms with Gasteiger partial charge in [0, 0.05) is 5.56 Å². The fourth-order valence-electron chi connectivity index (χ4n) is 1.31. The van der Waals surface area contributed by atoms with Crippen molar-refractivity contribution in [2.24, 2.45) is 0 Å². The highest BCUT2D eigenvalue weighted by Crippen LogP contribution is 2.19. The van der Waals surface area contributed by atoms with E-state index in [4.69, 9.17) is 5.73 Å². The topological polar surface area (TPSA) is 64.7 Å². The predicted molar refractivity (Wildman–Crippen MR) is 54.4 cm³/mol. The summed E-state index contributed by atoms with van der Waals surface area (Å²) in [5, 5.41) is 7.38. The van der Waals surface area contributed by atoms with Gasteiger partial charge in [0.05, 0.1) is 11.9 Å². The number of hydrogen-bond donors (Lipinski definition) is 1. The van der Waals surface area contributed by atoms with Gasteiger partial charge in [-0.1, -0.05) is 24.3 Å². The minimum absolute atomic E-state index is 0.200. The van der Waals surface area contributed by atoms with Gasteiger partial charge in [-0.2, -0.15) is 5.10 Å². The van der Waals surface area contributed by atoms with E-state index < -0.39 is 0 Å². The molecule has 1 heterocycles. The number of hydrogen-bond acceptors (Lipinski definition) is 4. The molecule has 0 unspecified atom stereocenters. The molecule has 4 heteroatoms. The zero-order valence-corrected chi connectivity index (χ0v) is 7.81. The van der Waals surface area contributed by atoms with Gasteiger partial charge in [-0.3, -0.25) is 0 Å². The molecular formula is C10H10N4. The zero-order chi connectivity index (χ0) is 9.97. The molecule has 1 aromatic carbocycles. The van der Waals surface area contributed by atoms with Crippen LogP contribution < -0.4 is 5.73 Å². The van der Waals surface area contributed by atoms with E-state index in [1.807, 2.05) is 31.2 Å². The molecule has 2 rings (SSSR count). The van der Waals surface area contributed by atoms with Crippen molar-refractivity contribution < 1.29 is 0 Å². The summed E-state index contributed by atoms with van der Waals surface area (Å²) in [6.07, 6.45) is 1.61. The second kappa shape index (κ2) is 3.41. The smallest absolute Gasteiger partial charge is 0.240 e. The Kier molecular flexibility index (Phi) is 2.10. The third-order valence-electron chi connectivity index (χ3n) is 2.00. The summed E-state index contributed by atoms with van der Waals surface area (Å²) in [7, 11) is 0. The molecule has 0 spiro atoms. The SMILES string of the molecule is Cc1ccccc1-c1cnnc(N)n1. The van der Waals surface area contributed by atoms with Crippen LogP contribution in [-0.4, -0.2) is 15.2 Å². The lowest BCUT2D eigenvalue weighted by Crippen LogP contribution is -1.98. The molecule has 4 nitrogen and oxygen atoms in total. The summed E-state index contributed by atoms with van der Waals surface area (Å²) in [5.41, 5.74) is 8.40. The van der Waals surface area contributed by atoms with Crippen LogP contribution in [-0.2, 0) is 0 Å². The Morgan fingerprint density at radius 3 is 2.71 bits per heavy atom. The van der Waals surface area contributed by atoms with E-state index in [0.29, 0.717) is 0 Å². The van der Waals surface area contributed by atoms with Gasteiger partial charge in [-0.25, -0.2) is 4.98 Å². The van der Waals surface area contributed by atoms with Gasteiger partial charge >= 0.3 is 0 Å². The fraction of sp³-hybridized carbons (Fsp3) is 0.100. The molecule has 2 N–H and O–H groups in total. The van der Waals surface area contributed by atoms with E-state index in [0.717, 1.165) is 16.8 Å². The van der Waals surface area contributed by atoms with Crippen LogP contribution >= 0.6 is 0 Å². The second-order valence-corrected chi connectivity index (χ2v) is 3.01. The molecule has 0 atom stereocenters. The summed E-state index contributed by atoms with van der Waals surface area (Å²) in [4.78, 5) is 4.11. The van der Waals surface area contributed by atoms with Gasteiger partial charge in [-0.15, -0.1) is 5.10 Å². The number of anilines is 1. The number of nitrogens with two attached hydrogens (primary N) is 1. The normalized spacial score (nSPS) is 10.1. The average Bonchev–Trinajstić information content (AvgIpc) is 2.18. The summed E-state index contributed by atoms with van der Waals surface area (Å²) in [6, 6.07) is 7.95. The zero-order valence-electron chi connectivity index (χ0n) is 7.81. The average molecular weight is 186 g/mol. The first-order valence-corrected chi connectivity index (χ1v) is 4.28. The van der Waals surface area contributed by atoms with Gasteiger partial charge in [0.15, 0.2) is 0 Å². The highest BCUT2D eigenvalue weighted by atomic mass is 15.2. The maximum absolute atomic E-state index is 5.46. The van der Waals surface area contributed by atoms with Gasteiger partial charge in [0.1, 0.15) is 0 Å². The number of nitrogens with zero attached hydrogens (tertiary/aromatic N) is 3. The minimum atomic E-state index is 0.200. The van der Waals surface area contributed by atoms with Crippen LogP contribution in [0.1, 0.15) is 5.56 Å². The summed E-state index contributed by atoms with van der Waals surface area (Å²) < 4.78 is 0. The Morgan fingerprint density at radius 2 is 2.00 bits per heavy atom. The first-order valence-electron chi connectivity index (χ1n) is 4.28. The lowest BCUT2D eigenvalue weighted by molar-refractivity contribution is 0.989. The van der Waals surface area contributed by atoms with E-state index in [9.17, 15) is 0 Å². The van der Waals surface area contributed by atoms with Crippen LogP contribution in [0.4, 0.5) is 5.95 Å². The molecule has 0 aliphatic rings. The van der Waals surface area contributed by atoms with Gasteiger partial charge in [-0.05, 0) is 12.5 Å². The number of rotatable bonds is 1. The third-order valence-corrected chi connectivity index (χ3v) is 2.00. The van der Waals surface area contributed by atoms with Crippen LogP contribution in [0, 0.1) is 6.92 Å². The molecule has 0 radical (unpaired) electrons. The Labute approximate surface area is 81.8 Å². The molecule has 0 amide bonds. The predicted octanol–water partition coefficient (Wildman–Crippen LogP) is 1.43. The quantitative estimate of drug-likeness (QED) is 0.731. The highest BCUT2D eigenvalue weighted by Gasteiger charge is 2.03. The summed E-state index contributed by atoms with van der Waals surface area (Å²) in [6.45, 7) is 2.02. The third kappa shape index (κ3) is 1.54. The van der Waals surface area contributed by atoms with Crippen molar-refractivity contribution in [3.63, 3.8) is 0 Å². The van der Waals surface area contributed by atoms with E-state index in [1.54, 1.807) is 6.20 Å². The Hall–Kier alpha value is -1.97. The second-order valence-electron chi connectivity index (χ2n) is 3.01. The van der Waals surface area contributed by atoms with Crippen LogP contribution in [0.25, 0.3) is 11.3 Å². The standard InChI is InChI=1S/C10H10N4/c1-7-4-2-3-5-8(7)9-6-12-14-10(11)13-9/h2-6H,1H3,(H2,11,13,14). The first kappa shape index (κ1) is 8.62. The molecule has 0 bridgehead atoms. The van der Waals surface area contributed by atoms with E-state index in [1.165, 1.54) is 0 Å². The molecule has 0 aliphatic heterocycles. The number of benzene rings is 1. The Balaban J connectivity index is 2.55. The minimum Gasteiger partial charge on any atom is -0.366 e. The largest absolute Gasteiger partial charge is 0.366 e. The number of aryl methyl sites for hydroxylation is 1. The summed E-state index contributed by atoms with van der Waals surface area (Å²) >= 11 is 0. The molecule has 0 saturated heterocycles. The highest BCUT2D eigenvalue weighted by molar-refractivity contribution is 5.62. The Bertz CT molecular complexity index is 453. The van der Waals surface area contributed by atoms with Crippen molar-refractivity contribution in [1.29, 1.82) is 0 Å². The van der Waals surface area contributed by atoms with Crippen molar-refractivity contribution in [1.82, 2.24) is 15.2 Å². The van der Waals surface area contributed by atoms with Crippen molar-refractivity contribution in [3.05, 3.63) is 36.0 Å². The number of nitrogen functional groups attached to an aromatic ring is 1. The molecule has 0 fully saturated rings. The molecule has 70 valence electrons. The molecule has 0 saturated carbocycles. The van der Waals surface area contributed by atoms with Crippen LogP contribution in [0.3, 0.4) is 0 Å². The maximum atomic E-state index is 5.46. The van der Waals surface area contributed by atoms with Crippen molar-refractivity contribution >= 4 is 5.95 Å². The summed E-state index contributed by atoms with van der Waals surface area (Å²) in [5.74, 6) is 0.200. The van der Waals surface area contributed by atoms with Crippen LogP contribution in [0.5, 0.6) is 0 Å². The van der Waals surface area contributed by atoms with Gasteiger partial charge < -0.3 is 5.73 Å². The van der Waals surface area contributed by atoms with E-state index >= 15 is 0 Å². The first-order chi connectivity index (χ1) is 6.77. The van der Waals surface area contributed by atoms with E-state index in [2.05, 4.69) is 15.2 Å². The van der Waals surface area contributed by atoms with Gasteiger partial charge in [0.2, 0.25) is 5.95 Å².